The molecule has 0 radical (unpaired) electrons. The van der Waals surface area contributed by atoms with Crippen LogP contribution in [-0.2, 0) is 4.79 Å². The molecule has 1 aliphatic rings. The van der Waals surface area contributed by atoms with Gasteiger partial charge in [0, 0.05) is 16.7 Å². The SMILES string of the molecule is CSc1ccccc1NC(=O)C[NH+]1C[C@@H](C)C[C@H](C)C1. The minimum absolute atomic E-state index is 0.128. The topological polar surface area (TPSA) is 33.5 Å². The van der Waals surface area contributed by atoms with Crippen LogP contribution in [0.1, 0.15) is 20.3 Å². The Kier molecular flexibility index (Phi) is 5.49. The second kappa shape index (κ2) is 7.14. The number of benzene rings is 1. The van der Waals surface area contributed by atoms with Crippen molar-refractivity contribution in [1.82, 2.24) is 0 Å². The molecule has 2 rings (SSSR count). The van der Waals surface area contributed by atoms with E-state index in [1.54, 1.807) is 11.8 Å². The molecule has 1 amide bonds. The van der Waals surface area contributed by atoms with E-state index in [0.29, 0.717) is 6.54 Å². The first-order chi connectivity index (χ1) is 9.58. The van der Waals surface area contributed by atoms with Crippen LogP contribution in [0.4, 0.5) is 5.69 Å². The Morgan fingerprint density at radius 1 is 1.30 bits per heavy atom. The first kappa shape index (κ1) is 15.4. The van der Waals surface area contributed by atoms with E-state index >= 15 is 0 Å². The number of thioether (sulfide) groups is 1. The van der Waals surface area contributed by atoms with Gasteiger partial charge in [0.05, 0.1) is 18.8 Å². The van der Waals surface area contributed by atoms with Crippen LogP contribution in [0.25, 0.3) is 0 Å². The second-order valence-electron chi connectivity index (χ2n) is 6.03. The number of amides is 1. The Morgan fingerprint density at radius 2 is 1.95 bits per heavy atom. The van der Waals surface area contributed by atoms with Crippen molar-refractivity contribution in [2.75, 3.05) is 31.2 Å². The minimum atomic E-state index is 0.128. The molecule has 1 aromatic carbocycles. The lowest BCUT2D eigenvalue weighted by molar-refractivity contribution is -0.904. The molecule has 1 aliphatic heterocycles. The van der Waals surface area contributed by atoms with Gasteiger partial charge in [-0.15, -0.1) is 11.8 Å². The summed E-state index contributed by atoms with van der Waals surface area (Å²) in [6.07, 6.45) is 3.32. The van der Waals surface area contributed by atoms with Crippen LogP contribution in [0, 0.1) is 11.8 Å². The molecule has 1 heterocycles. The number of carbonyl (C=O) groups is 1. The number of anilines is 1. The van der Waals surface area contributed by atoms with E-state index in [-0.39, 0.29) is 5.91 Å². The van der Waals surface area contributed by atoms with E-state index < -0.39 is 0 Å². The van der Waals surface area contributed by atoms with Gasteiger partial charge in [0.1, 0.15) is 0 Å². The molecular weight excluding hydrogens is 268 g/mol. The third-order valence-electron chi connectivity index (χ3n) is 3.87. The summed E-state index contributed by atoms with van der Waals surface area (Å²) in [5.74, 6) is 1.57. The molecule has 0 spiro atoms. The summed E-state index contributed by atoms with van der Waals surface area (Å²) in [4.78, 5) is 14.8. The van der Waals surface area contributed by atoms with Crippen molar-refractivity contribution in [3.63, 3.8) is 0 Å². The van der Waals surface area contributed by atoms with E-state index in [1.165, 1.54) is 11.3 Å². The van der Waals surface area contributed by atoms with Gasteiger partial charge in [-0.2, -0.15) is 0 Å². The Morgan fingerprint density at radius 3 is 2.60 bits per heavy atom. The van der Waals surface area contributed by atoms with Crippen LogP contribution in [0.15, 0.2) is 29.2 Å². The largest absolute Gasteiger partial charge is 0.327 e. The highest BCUT2D eigenvalue weighted by atomic mass is 32.2. The van der Waals surface area contributed by atoms with Crippen molar-refractivity contribution in [3.05, 3.63) is 24.3 Å². The van der Waals surface area contributed by atoms with E-state index in [0.717, 1.165) is 35.5 Å². The first-order valence-corrected chi connectivity index (χ1v) is 8.57. The molecular formula is C16H25N2OS+. The van der Waals surface area contributed by atoms with E-state index in [4.69, 9.17) is 0 Å². The lowest BCUT2D eigenvalue weighted by atomic mass is 9.92. The zero-order chi connectivity index (χ0) is 14.5. The monoisotopic (exact) mass is 293 g/mol. The van der Waals surface area contributed by atoms with Gasteiger partial charge in [0.2, 0.25) is 0 Å². The van der Waals surface area contributed by atoms with E-state index in [1.807, 2.05) is 30.5 Å². The maximum absolute atomic E-state index is 12.2. The molecule has 0 aromatic heterocycles. The molecule has 0 saturated carbocycles. The number of hydrogen-bond donors (Lipinski definition) is 2. The van der Waals surface area contributed by atoms with Crippen molar-refractivity contribution >= 4 is 23.4 Å². The number of piperidine rings is 1. The molecule has 1 fully saturated rings. The highest BCUT2D eigenvalue weighted by Gasteiger charge is 2.26. The van der Waals surface area contributed by atoms with Crippen LogP contribution in [-0.4, -0.2) is 31.8 Å². The standard InChI is InChI=1S/C16H24N2OS/c1-12-8-13(2)10-18(9-12)11-16(19)17-14-6-4-5-7-15(14)20-3/h4-7,12-13H,8-11H2,1-3H3,(H,17,19)/p+1/t12-,13-/m0/s1. The number of hydrogen-bond acceptors (Lipinski definition) is 2. The molecule has 0 aliphatic carbocycles. The van der Waals surface area contributed by atoms with Crippen molar-refractivity contribution in [2.24, 2.45) is 11.8 Å². The molecule has 20 heavy (non-hydrogen) atoms. The molecule has 3 nitrogen and oxygen atoms in total. The highest BCUT2D eigenvalue weighted by Crippen LogP contribution is 2.24. The molecule has 1 aromatic rings. The van der Waals surface area contributed by atoms with Crippen LogP contribution in [0.3, 0.4) is 0 Å². The fourth-order valence-electron chi connectivity index (χ4n) is 3.24. The molecule has 110 valence electrons. The van der Waals surface area contributed by atoms with Gasteiger partial charge in [-0.3, -0.25) is 4.79 Å². The summed E-state index contributed by atoms with van der Waals surface area (Å²) in [6, 6.07) is 7.98. The van der Waals surface area contributed by atoms with Crippen molar-refractivity contribution in [2.45, 2.75) is 25.2 Å². The van der Waals surface area contributed by atoms with Gasteiger partial charge >= 0.3 is 0 Å². The normalized spacial score (nSPS) is 26.2. The number of rotatable bonds is 4. The highest BCUT2D eigenvalue weighted by molar-refractivity contribution is 7.98. The molecule has 2 N–H and O–H groups in total. The van der Waals surface area contributed by atoms with Gasteiger partial charge in [-0.1, -0.05) is 26.0 Å². The summed E-state index contributed by atoms with van der Waals surface area (Å²) in [5, 5.41) is 3.06. The third kappa shape index (κ3) is 4.25. The van der Waals surface area contributed by atoms with Gasteiger partial charge in [-0.05, 0) is 24.8 Å². The van der Waals surface area contributed by atoms with Gasteiger partial charge in [-0.25, -0.2) is 0 Å². The number of carbonyl (C=O) groups excluding carboxylic acids is 1. The van der Waals surface area contributed by atoms with Crippen molar-refractivity contribution in [1.29, 1.82) is 0 Å². The maximum Gasteiger partial charge on any atom is 0.279 e. The average molecular weight is 293 g/mol. The maximum atomic E-state index is 12.2. The van der Waals surface area contributed by atoms with Crippen LogP contribution in [0.2, 0.25) is 0 Å². The summed E-state index contributed by atoms with van der Waals surface area (Å²) < 4.78 is 0. The molecule has 2 atom stereocenters. The average Bonchev–Trinajstić information content (AvgIpc) is 2.37. The Balaban J connectivity index is 1.92. The lowest BCUT2D eigenvalue weighted by Gasteiger charge is -2.31. The predicted octanol–water partition coefficient (Wildman–Crippen LogP) is 1.91. The van der Waals surface area contributed by atoms with E-state index in [2.05, 4.69) is 19.2 Å². The van der Waals surface area contributed by atoms with Crippen molar-refractivity contribution in [3.8, 4) is 0 Å². The van der Waals surface area contributed by atoms with E-state index in [9.17, 15) is 4.79 Å². The molecule has 0 unspecified atom stereocenters. The second-order valence-corrected chi connectivity index (χ2v) is 6.88. The number of quaternary nitrogens is 1. The van der Waals surface area contributed by atoms with Gasteiger partial charge in [0.15, 0.2) is 6.54 Å². The fraction of sp³-hybridized carbons (Fsp3) is 0.562. The third-order valence-corrected chi connectivity index (χ3v) is 4.67. The minimum Gasteiger partial charge on any atom is -0.327 e. The van der Waals surface area contributed by atoms with Gasteiger partial charge < -0.3 is 10.2 Å². The number of nitrogens with one attached hydrogen (secondary N) is 2. The van der Waals surface area contributed by atoms with Crippen LogP contribution < -0.4 is 10.2 Å². The van der Waals surface area contributed by atoms with Crippen LogP contribution in [0.5, 0.6) is 0 Å². The summed E-state index contributed by atoms with van der Waals surface area (Å²) in [5.41, 5.74) is 0.933. The lowest BCUT2D eigenvalue weighted by Crippen LogP contribution is -3.15. The quantitative estimate of drug-likeness (QED) is 0.832. The zero-order valence-corrected chi connectivity index (χ0v) is 13.4. The predicted molar refractivity (Wildman–Crippen MR) is 85.4 cm³/mol. The zero-order valence-electron chi connectivity index (χ0n) is 12.6. The first-order valence-electron chi connectivity index (χ1n) is 7.35. The smallest absolute Gasteiger partial charge is 0.279 e. The number of likely N-dealkylation sites (tertiary alicyclic amines) is 1. The molecule has 0 bridgehead atoms. The summed E-state index contributed by atoms with van der Waals surface area (Å²) in [7, 11) is 0. The summed E-state index contributed by atoms with van der Waals surface area (Å²) >= 11 is 1.66. The Hall–Kier alpha value is -1.00. The molecule has 1 saturated heterocycles. The summed E-state index contributed by atoms with van der Waals surface area (Å²) in [6.45, 7) is 7.38. The van der Waals surface area contributed by atoms with Gasteiger partial charge in [0.25, 0.3) is 5.91 Å². The molecule has 4 heteroatoms. The Labute approximate surface area is 126 Å². The van der Waals surface area contributed by atoms with Crippen molar-refractivity contribution < 1.29 is 9.69 Å². The fourth-order valence-corrected chi connectivity index (χ4v) is 3.79. The Bertz CT molecular complexity index is 454. The number of para-hydroxylation sites is 1. The van der Waals surface area contributed by atoms with Crippen LogP contribution >= 0.6 is 11.8 Å².